The van der Waals surface area contributed by atoms with Crippen molar-refractivity contribution in [2.45, 2.75) is 0 Å². The molecule has 4 nitrogen and oxygen atoms in total. The summed E-state index contributed by atoms with van der Waals surface area (Å²) in [4.78, 5) is 11.9. The van der Waals surface area contributed by atoms with Gasteiger partial charge in [-0.25, -0.2) is 10.2 Å². The summed E-state index contributed by atoms with van der Waals surface area (Å²) in [5.74, 6) is 0. The van der Waals surface area contributed by atoms with Gasteiger partial charge in [-0.1, -0.05) is 0 Å². The number of amides is 2. The Bertz CT molecular complexity index is 81.4. The van der Waals surface area contributed by atoms with E-state index in [1.165, 1.54) is 4.90 Å². The zero-order chi connectivity index (χ0) is 6.57. The fourth-order valence-corrected chi connectivity index (χ4v) is 0.219. The van der Waals surface area contributed by atoms with Crippen LogP contribution in [0.4, 0.5) is 4.79 Å². The molecule has 2 amide bonds. The highest BCUT2D eigenvalue weighted by Crippen LogP contribution is 1.70. The molecule has 48 valence electrons. The second kappa shape index (κ2) is 3.26. The zero-order valence-corrected chi connectivity index (χ0v) is 5.36. The summed E-state index contributed by atoms with van der Waals surface area (Å²) >= 11 is 0. The van der Waals surface area contributed by atoms with E-state index >= 15 is 0 Å². The molecule has 0 aliphatic carbocycles. The molecule has 4 heteroatoms. The molecular formula is C4H11N3O. The molecule has 0 saturated heterocycles. The van der Waals surface area contributed by atoms with E-state index in [0.717, 1.165) is 0 Å². The van der Waals surface area contributed by atoms with Gasteiger partial charge < -0.3 is 4.90 Å². The second-order valence-corrected chi connectivity index (χ2v) is 1.57. The Balaban J connectivity index is 3.33. The normalized spacial score (nSPS) is 8.38. The van der Waals surface area contributed by atoms with Crippen LogP contribution < -0.4 is 10.9 Å². The van der Waals surface area contributed by atoms with Gasteiger partial charge in [0.25, 0.3) is 0 Å². The molecule has 0 heterocycles. The third-order valence-corrected chi connectivity index (χ3v) is 0.638. The van der Waals surface area contributed by atoms with Crippen molar-refractivity contribution in [2.75, 3.05) is 21.1 Å². The van der Waals surface area contributed by atoms with Crippen molar-refractivity contribution < 1.29 is 4.79 Å². The first-order chi connectivity index (χ1) is 3.68. The highest BCUT2D eigenvalue weighted by molar-refractivity contribution is 5.72. The van der Waals surface area contributed by atoms with E-state index < -0.39 is 0 Å². The van der Waals surface area contributed by atoms with Gasteiger partial charge in [-0.2, -0.15) is 0 Å². The maximum absolute atomic E-state index is 10.5. The summed E-state index contributed by atoms with van der Waals surface area (Å²) in [7, 11) is 4.99. The maximum Gasteiger partial charge on any atom is 0.331 e. The van der Waals surface area contributed by atoms with Gasteiger partial charge in [-0.05, 0) is 0 Å². The van der Waals surface area contributed by atoms with E-state index in [0.29, 0.717) is 0 Å². The van der Waals surface area contributed by atoms with Crippen LogP contribution in [0.3, 0.4) is 0 Å². The minimum atomic E-state index is -0.146. The van der Waals surface area contributed by atoms with E-state index in [1.807, 2.05) is 0 Å². The average Bonchev–Trinajstić information content (AvgIpc) is 1.67. The summed E-state index contributed by atoms with van der Waals surface area (Å²) in [5.41, 5.74) is 4.89. The third-order valence-electron chi connectivity index (χ3n) is 0.638. The van der Waals surface area contributed by atoms with Crippen LogP contribution in [-0.4, -0.2) is 32.1 Å². The molecule has 0 aromatic heterocycles. The molecule has 0 saturated carbocycles. The number of carbonyl (C=O) groups excluding carboxylic acids is 1. The van der Waals surface area contributed by atoms with Crippen molar-refractivity contribution in [3.8, 4) is 0 Å². The molecule has 0 bridgehead atoms. The van der Waals surface area contributed by atoms with Crippen LogP contribution in [0.15, 0.2) is 0 Å². The minimum absolute atomic E-state index is 0.146. The molecule has 0 spiro atoms. The van der Waals surface area contributed by atoms with Gasteiger partial charge in [0.2, 0.25) is 0 Å². The second-order valence-electron chi connectivity index (χ2n) is 1.57. The first-order valence-electron chi connectivity index (χ1n) is 2.32. The van der Waals surface area contributed by atoms with Crippen LogP contribution in [-0.2, 0) is 0 Å². The number of rotatable bonds is 1. The SMILES string of the molecule is CNNC(=O)N(C)C. The van der Waals surface area contributed by atoms with Crippen molar-refractivity contribution in [1.82, 2.24) is 15.8 Å². The number of nitrogens with one attached hydrogen (secondary N) is 2. The van der Waals surface area contributed by atoms with Gasteiger partial charge >= 0.3 is 6.03 Å². The first-order valence-corrected chi connectivity index (χ1v) is 2.32. The van der Waals surface area contributed by atoms with Crippen LogP contribution >= 0.6 is 0 Å². The smallest absolute Gasteiger partial charge is 0.330 e. The van der Waals surface area contributed by atoms with Gasteiger partial charge in [0, 0.05) is 21.1 Å². The van der Waals surface area contributed by atoms with E-state index in [1.54, 1.807) is 21.1 Å². The summed E-state index contributed by atoms with van der Waals surface area (Å²) in [6, 6.07) is -0.146. The Morgan fingerprint density at radius 2 is 2.00 bits per heavy atom. The molecule has 0 aromatic carbocycles. The van der Waals surface area contributed by atoms with Crippen LogP contribution in [0.1, 0.15) is 0 Å². The lowest BCUT2D eigenvalue weighted by molar-refractivity contribution is 0.214. The van der Waals surface area contributed by atoms with Crippen molar-refractivity contribution in [1.29, 1.82) is 0 Å². The number of hydrogen-bond donors (Lipinski definition) is 2. The van der Waals surface area contributed by atoms with E-state index in [4.69, 9.17) is 0 Å². The molecule has 0 radical (unpaired) electrons. The van der Waals surface area contributed by atoms with Crippen LogP contribution in [0.5, 0.6) is 0 Å². The Labute approximate surface area is 48.8 Å². The van der Waals surface area contributed by atoms with Crippen LogP contribution in [0.25, 0.3) is 0 Å². The van der Waals surface area contributed by atoms with E-state index in [-0.39, 0.29) is 6.03 Å². The number of hydrazine groups is 1. The topological polar surface area (TPSA) is 44.4 Å². The quantitative estimate of drug-likeness (QED) is 0.450. The number of hydrogen-bond acceptors (Lipinski definition) is 2. The number of nitrogens with zero attached hydrogens (tertiary/aromatic N) is 1. The third kappa shape index (κ3) is 2.41. The first kappa shape index (κ1) is 7.23. The number of urea groups is 1. The fraction of sp³-hybridized carbons (Fsp3) is 0.750. The minimum Gasteiger partial charge on any atom is -0.330 e. The number of carbonyl (C=O) groups is 1. The molecular weight excluding hydrogens is 106 g/mol. The van der Waals surface area contributed by atoms with Gasteiger partial charge in [0.15, 0.2) is 0 Å². The Morgan fingerprint density at radius 1 is 1.50 bits per heavy atom. The Kier molecular flexibility index (Phi) is 2.95. The van der Waals surface area contributed by atoms with E-state index in [9.17, 15) is 4.79 Å². The summed E-state index contributed by atoms with van der Waals surface area (Å²) in [6.45, 7) is 0. The summed E-state index contributed by atoms with van der Waals surface area (Å²) in [6.07, 6.45) is 0. The van der Waals surface area contributed by atoms with Gasteiger partial charge in [0.05, 0.1) is 0 Å². The van der Waals surface area contributed by atoms with Crippen molar-refractivity contribution >= 4 is 6.03 Å². The molecule has 0 fully saturated rings. The molecule has 0 aromatic rings. The fourth-order valence-electron chi connectivity index (χ4n) is 0.219. The molecule has 0 rings (SSSR count). The Hall–Kier alpha value is -0.770. The zero-order valence-electron chi connectivity index (χ0n) is 5.36. The summed E-state index contributed by atoms with van der Waals surface area (Å²) < 4.78 is 0. The van der Waals surface area contributed by atoms with Crippen LogP contribution in [0.2, 0.25) is 0 Å². The predicted molar refractivity (Wildman–Crippen MR) is 31.3 cm³/mol. The lowest BCUT2D eigenvalue weighted by Gasteiger charge is -2.09. The molecule has 0 atom stereocenters. The monoisotopic (exact) mass is 117 g/mol. The van der Waals surface area contributed by atoms with Crippen LogP contribution in [0, 0.1) is 0 Å². The average molecular weight is 117 g/mol. The molecule has 0 aliphatic heterocycles. The van der Waals surface area contributed by atoms with Gasteiger partial charge in [0.1, 0.15) is 0 Å². The molecule has 2 N–H and O–H groups in total. The van der Waals surface area contributed by atoms with Crippen molar-refractivity contribution in [3.05, 3.63) is 0 Å². The standard InChI is InChI=1S/C4H11N3O/c1-5-6-4(8)7(2)3/h5H,1-3H3,(H,6,8). The van der Waals surface area contributed by atoms with Crippen molar-refractivity contribution in [3.63, 3.8) is 0 Å². The lowest BCUT2D eigenvalue weighted by atomic mass is 10.9. The maximum atomic E-state index is 10.5. The molecule has 0 aliphatic rings. The Morgan fingerprint density at radius 3 is 2.12 bits per heavy atom. The summed E-state index contributed by atoms with van der Waals surface area (Å²) in [5, 5.41) is 0. The molecule has 0 unspecified atom stereocenters. The predicted octanol–water partition coefficient (Wildman–Crippen LogP) is -0.608. The highest BCUT2D eigenvalue weighted by Gasteiger charge is 1.96. The largest absolute Gasteiger partial charge is 0.331 e. The van der Waals surface area contributed by atoms with Gasteiger partial charge in [-0.15, -0.1) is 0 Å². The lowest BCUT2D eigenvalue weighted by Crippen LogP contribution is -2.41. The van der Waals surface area contributed by atoms with Crippen molar-refractivity contribution in [2.24, 2.45) is 0 Å². The van der Waals surface area contributed by atoms with Gasteiger partial charge in [-0.3, -0.25) is 5.43 Å². The van der Waals surface area contributed by atoms with E-state index in [2.05, 4.69) is 10.9 Å². The highest BCUT2D eigenvalue weighted by atomic mass is 16.2. The molecule has 8 heavy (non-hydrogen) atoms.